The number of hydrogen-bond acceptors (Lipinski definition) is 10. The first-order chi connectivity index (χ1) is 21.2. The molecule has 0 aromatic carbocycles. The number of carbonyl (C=O) groups is 2. The number of quaternary nitrogens is 1. The number of nitrogens with one attached hydrogen (secondary N) is 1. The molecular formula is C30H56N6O7S2. The van der Waals surface area contributed by atoms with E-state index in [0.29, 0.717) is 27.9 Å². The van der Waals surface area contributed by atoms with Crippen molar-refractivity contribution in [3.8, 4) is 0 Å². The van der Waals surface area contributed by atoms with Crippen molar-refractivity contribution in [3.05, 3.63) is 10.0 Å². The number of urea groups is 1. The topological polar surface area (TPSA) is 154 Å². The molecule has 2 fully saturated rings. The fourth-order valence-corrected chi connectivity index (χ4v) is 6.98. The fourth-order valence-electron chi connectivity index (χ4n) is 5.66. The van der Waals surface area contributed by atoms with Gasteiger partial charge in [0.05, 0.1) is 44.8 Å². The van der Waals surface area contributed by atoms with Gasteiger partial charge in [0.1, 0.15) is 15.6 Å². The van der Waals surface area contributed by atoms with Crippen molar-refractivity contribution in [1.29, 1.82) is 0 Å². The summed E-state index contributed by atoms with van der Waals surface area (Å²) in [6.45, 7) is 20.6. The third kappa shape index (κ3) is 13.3. The van der Waals surface area contributed by atoms with Crippen LogP contribution in [0.25, 0.3) is 0 Å². The first-order valence-electron chi connectivity index (χ1n) is 16.6. The summed E-state index contributed by atoms with van der Waals surface area (Å²) in [5, 5.41) is 12.4. The van der Waals surface area contributed by atoms with Gasteiger partial charge in [0, 0.05) is 6.54 Å². The third-order valence-electron chi connectivity index (χ3n) is 7.99. The Morgan fingerprint density at radius 3 is 1.98 bits per heavy atom. The van der Waals surface area contributed by atoms with E-state index in [1.54, 1.807) is 20.8 Å². The number of unbranched alkanes of at least 4 members (excludes halogenated alkanes) is 4. The van der Waals surface area contributed by atoms with E-state index in [1.807, 2.05) is 0 Å². The van der Waals surface area contributed by atoms with E-state index in [-0.39, 0.29) is 13.1 Å². The van der Waals surface area contributed by atoms with Gasteiger partial charge < -0.3 is 24.0 Å². The minimum atomic E-state index is -5.03. The van der Waals surface area contributed by atoms with E-state index >= 15 is 0 Å². The number of nitrogens with zero attached hydrogens (tertiary/aromatic N) is 5. The predicted molar refractivity (Wildman–Crippen MR) is 173 cm³/mol. The van der Waals surface area contributed by atoms with E-state index in [2.05, 4.69) is 47.5 Å². The summed E-state index contributed by atoms with van der Waals surface area (Å²) >= 11 is 1.23. The smallest absolute Gasteiger partial charge is 0.408 e. The van der Waals surface area contributed by atoms with Crippen LogP contribution >= 0.6 is 11.3 Å². The van der Waals surface area contributed by atoms with Gasteiger partial charge in [0.25, 0.3) is 0 Å². The number of ether oxygens (including phenoxy) is 1. The molecule has 0 unspecified atom stereocenters. The summed E-state index contributed by atoms with van der Waals surface area (Å²) in [6, 6.07) is -1.61. The summed E-state index contributed by atoms with van der Waals surface area (Å²) in [5.74, 6) is 0. The molecule has 0 radical (unpaired) electrons. The molecule has 1 N–H and O–H groups in total. The molecule has 15 heteroatoms. The molecule has 2 bridgehead atoms. The van der Waals surface area contributed by atoms with Gasteiger partial charge >= 0.3 is 12.1 Å². The van der Waals surface area contributed by atoms with Gasteiger partial charge in [-0.25, -0.2) is 18.0 Å². The summed E-state index contributed by atoms with van der Waals surface area (Å²) in [5.41, 5.74) is -0.614. The molecule has 0 spiro atoms. The lowest BCUT2D eigenvalue weighted by molar-refractivity contribution is -0.929. The molecule has 2 saturated heterocycles. The zero-order chi connectivity index (χ0) is 33.7. The van der Waals surface area contributed by atoms with Crippen LogP contribution in [0.4, 0.5) is 9.59 Å². The Labute approximate surface area is 274 Å². The van der Waals surface area contributed by atoms with Crippen LogP contribution in [0.1, 0.15) is 129 Å². The number of amides is 3. The number of hydrogen-bond donors (Lipinski definition) is 1. The number of carbonyl (C=O) groups excluding carboxylic acids is 2. The van der Waals surface area contributed by atoms with E-state index in [1.165, 1.54) is 98.3 Å². The van der Waals surface area contributed by atoms with Crippen LogP contribution < -0.4 is 5.32 Å². The van der Waals surface area contributed by atoms with Crippen LogP contribution in [-0.4, -0.2) is 94.1 Å². The number of aromatic nitrogens is 2. The minimum absolute atomic E-state index is 0.125. The molecule has 1 aromatic heterocycles. The van der Waals surface area contributed by atoms with Gasteiger partial charge in [0.15, 0.2) is 0 Å². The van der Waals surface area contributed by atoms with Crippen molar-refractivity contribution in [2.75, 3.05) is 32.7 Å². The monoisotopic (exact) mass is 676 g/mol. The van der Waals surface area contributed by atoms with Crippen molar-refractivity contribution in [2.24, 2.45) is 0 Å². The number of alkyl carbamates (subject to hydrolysis) is 1. The SMILES string of the molecule is CC(C)(C)OC(=O)NCc1nnc([C@@H]2CC[C@@H]3CN2C(=O)N3OS(=O)(=O)[O-])s1.CCCC[N+](CCCC)(CCCC)CCCC. The van der Waals surface area contributed by atoms with Crippen LogP contribution in [0.5, 0.6) is 0 Å². The molecule has 0 saturated carbocycles. The highest BCUT2D eigenvalue weighted by Crippen LogP contribution is 2.39. The molecule has 45 heavy (non-hydrogen) atoms. The van der Waals surface area contributed by atoms with Crippen molar-refractivity contribution in [1.82, 2.24) is 25.5 Å². The highest BCUT2D eigenvalue weighted by atomic mass is 32.3. The maximum Gasteiger partial charge on any atom is 0.408 e. The first kappa shape index (κ1) is 39.1. The zero-order valence-electron chi connectivity index (χ0n) is 28.4. The average Bonchev–Trinajstić information content (AvgIpc) is 3.53. The Kier molecular flexibility index (Phi) is 15.9. The van der Waals surface area contributed by atoms with Crippen LogP contribution in [0, 0.1) is 0 Å². The van der Waals surface area contributed by atoms with Crippen molar-refractivity contribution in [3.63, 3.8) is 0 Å². The quantitative estimate of drug-likeness (QED) is 0.121. The Morgan fingerprint density at radius 2 is 1.51 bits per heavy atom. The summed E-state index contributed by atoms with van der Waals surface area (Å²) < 4.78 is 43.4. The number of hydroxylamine groups is 2. The van der Waals surface area contributed by atoms with Gasteiger partial charge in [-0.15, -0.1) is 10.2 Å². The van der Waals surface area contributed by atoms with E-state index in [0.717, 1.165) is 0 Å². The van der Waals surface area contributed by atoms with E-state index in [9.17, 15) is 22.6 Å². The maximum atomic E-state index is 12.4. The number of piperidine rings is 1. The van der Waals surface area contributed by atoms with Gasteiger partial charge in [0.2, 0.25) is 10.4 Å². The molecule has 1 aromatic rings. The maximum absolute atomic E-state index is 12.4. The Hall–Kier alpha value is -2.07. The molecule has 3 rings (SSSR count). The molecule has 2 aliphatic heterocycles. The average molecular weight is 677 g/mol. The lowest BCUT2D eigenvalue weighted by Gasteiger charge is -2.39. The first-order valence-corrected chi connectivity index (χ1v) is 18.7. The Balaban J connectivity index is 0.000000358. The molecule has 3 amide bonds. The molecule has 0 aliphatic carbocycles. The second-order valence-electron chi connectivity index (χ2n) is 13.0. The second-order valence-corrected chi connectivity index (χ2v) is 15.1. The lowest BCUT2D eigenvalue weighted by Crippen LogP contribution is -2.50. The molecule has 13 nitrogen and oxygen atoms in total. The van der Waals surface area contributed by atoms with Crippen LogP contribution in [-0.2, 0) is 26.0 Å². The van der Waals surface area contributed by atoms with Gasteiger partial charge in [-0.3, -0.25) is 0 Å². The Morgan fingerprint density at radius 1 is 0.978 bits per heavy atom. The minimum Gasteiger partial charge on any atom is -0.724 e. The lowest BCUT2D eigenvalue weighted by atomic mass is 10.0. The highest BCUT2D eigenvalue weighted by molar-refractivity contribution is 7.80. The summed E-state index contributed by atoms with van der Waals surface area (Å²) in [7, 11) is -5.03. The second kappa shape index (κ2) is 18.3. The predicted octanol–water partition coefficient (Wildman–Crippen LogP) is 5.90. The van der Waals surface area contributed by atoms with Gasteiger partial charge in [-0.05, 0) is 59.3 Å². The standard InChI is InChI=1S/C16H36N.C14H21N5O7S2/c1-5-9-13-17(14-10-6-2,15-11-7-3)16-12-8-4;1-14(2,3)25-12(20)15-6-10-16-17-11(27-10)9-5-4-8-7-18(9)13(21)19(8)26-28(22,23)24/h5-16H2,1-4H3;8-9H,4-7H2,1-3H3,(H,15,20)(H,22,23,24)/q+1;/p-1/t;8-,9+/m.1/s1. The van der Waals surface area contributed by atoms with Crippen molar-refractivity contribution in [2.45, 2.75) is 137 Å². The summed E-state index contributed by atoms with van der Waals surface area (Å²) in [6.07, 6.45) is 11.5. The number of fused-ring (bicyclic) bond motifs is 2. The van der Waals surface area contributed by atoms with Gasteiger partial charge in [-0.1, -0.05) is 64.7 Å². The van der Waals surface area contributed by atoms with Crippen LogP contribution in [0.3, 0.4) is 0 Å². The molecule has 3 heterocycles. The zero-order valence-corrected chi connectivity index (χ0v) is 30.0. The van der Waals surface area contributed by atoms with Crippen LogP contribution in [0.15, 0.2) is 0 Å². The summed E-state index contributed by atoms with van der Waals surface area (Å²) in [4.78, 5) is 25.5. The van der Waals surface area contributed by atoms with Crippen molar-refractivity contribution < 1.29 is 36.1 Å². The number of rotatable bonds is 17. The fraction of sp³-hybridized carbons (Fsp3) is 0.867. The third-order valence-corrected chi connectivity index (χ3v) is 9.36. The molecule has 2 atom stereocenters. The normalized spacial score (nSPS) is 18.5. The molecular weight excluding hydrogens is 620 g/mol. The van der Waals surface area contributed by atoms with E-state index < -0.39 is 40.2 Å². The van der Waals surface area contributed by atoms with Crippen molar-refractivity contribution >= 4 is 33.9 Å². The van der Waals surface area contributed by atoms with Gasteiger partial charge in [-0.2, -0.15) is 9.35 Å². The largest absolute Gasteiger partial charge is 0.724 e. The molecule has 260 valence electrons. The highest BCUT2D eigenvalue weighted by Gasteiger charge is 2.48. The van der Waals surface area contributed by atoms with Crippen LogP contribution in [0.2, 0.25) is 0 Å². The molecule has 2 aliphatic rings. The Bertz CT molecular complexity index is 1120. The van der Waals surface area contributed by atoms with E-state index in [4.69, 9.17) is 4.74 Å².